The molecule has 0 atom stereocenters. The standard InChI is InChI=1S/C26H21NO3/c1-28-24-14-13-20-21(26(24)29-2)12-11-19-18-9-6-10-23(22(18)15-27-25(19)20)30-16-17-7-4-3-5-8-17/h3-15H,16H2,1-2H3. The van der Waals surface area contributed by atoms with Crippen molar-refractivity contribution in [1.82, 2.24) is 4.98 Å². The van der Waals surface area contributed by atoms with Crippen LogP contribution in [0.15, 0.2) is 79.0 Å². The molecule has 0 aliphatic carbocycles. The highest BCUT2D eigenvalue weighted by atomic mass is 16.5. The van der Waals surface area contributed by atoms with Gasteiger partial charge in [-0.1, -0.05) is 48.5 Å². The number of ether oxygens (including phenoxy) is 3. The van der Waals surface area contributed by atoms with Gasteiger partial charge in [-0.15, -0.1) is 0 Å². The van der Waals surface area contributed by atoms with Gasteiger partial charge in [-0.3, -0.25) is 4.98 Å². The molecule has 0 amide bonds. The average molecular weight is 395 g/mol. The third-order valence-electron chi connectivity index (χ3n) is 5.43. The molecule has 0 bridgehead atoms. The molecule has 0 saturated carbocycles. The van der Waals surface area contributed by atoms with Crippen LogP contribution in [-0.4, -0.2) is 19.2 Å². The van der Waals surface area contributed by atoms with Crippen molar-refractivity contribution in [2.45, 2.75) is 6.61 Å². The highest BCUT2D eigenvalue weighted by molar-refractivity contribution is 6.17. The lowest BCUT2D eigenvalue weighted by atomic mass is 10.0. The van der Waals surface area contributed by atoms with Crippen LogP contribution in [0.25, 0.3) is 32.4 Å². The molecule has 0 saturated heterocycles. The van der Waals surface area contributed by atoms with Crippen molar-refractivity contribution in [3.8, 4) is 17.2 Å². The van der Waals surface area contributed by atoms with E-state index in [1.54, 1.807) is 14.2 Å². The van der Waals surface area contributed by atoms with Gasteiger partial charge in [0.05, 0.1) is 19.7 Å². The summed E-state index contributed by atoms with van der Waals surface area (Å²) >= 11 is 0. The lowest BCUT2D eigenvalue weighted by Gasteiger charge is -2.14. The highest BCUT2D eigenvalue weighted by Crippen LogP contribution is 2.40. The zero-order chi connectivity index (χ0) is 20.5. The van der Waals surface area contributed by atoms with Gasteiger partial charge in [-0.05, 0) is 35.2 Å². The molecule has 0 aliphatic heterocycles. The van der Waals surface area contributed by atoms with Gasteiger partial charge in [0.25, 0.3) is 0 Å². The molecule has 5 aromatic rings. The number of nitrogens with zero attached hydrogens (tertiary/aromatic N) is 1. The van der Waals surface area contributed by atoms with Gasteiger partial charge < -0.3 is 14.2 Å². The summed E-state index contributed by atoms with van der Waals surface area (Å²) in [5.41, 5.74) is 2.07. The molecule has 5 rings (SSSR count). The van der Waals surface area contributed by atoms with Crippen molar-refractivity contribution in [2.75, 3.05) is 14.2 Å². The van der Waals surface area contributed by atoms with Gasteiger partial charge in [-0.2, -0.15) is 0 Å². The van der Waals surface area contributed by atoms with Gasteiger partial charge in [0.1, 0.15) is 12.4 Å². The third-order valence-corrected chi connectivity index (χ3v) is 5.43. The largest absolute Gasteiger partial charge is 0.493 e. The van der Waals surface area contributed by atoms with Crippen LogP contribution in [0, 0.1) is 0 Å². The predicted molar refractivity (Wildman–Crippen MR) is 121 cm³/mol. The smallest absolute Gasteiger partial charge is 0.168 e. The summed E-state index contributed by atoms with van der Waals surface area (Å²) in [4.78, 5) is 4.81. The Hall–Kier alpha value is -3.79. The van der Waals surface area contributed by atoms with Crippen molar-refractivity contribution < 1.29 is 14.2 Å². The van der Waals surface area contributed by atoms with Crippen LogP contribution < -0.4 is 14.2 Å². The molecule has 148 valence electrons. The number of pyridine rings is 1. The topological polar surface area (TPSA) is 40.6 Å². The van der Waals surface area contributed by atoms with Crippen LogP contribution in [0.1, 0.15) is 5.56 Å². The summed E-state index contributed by atoms with van der Waals surface area (Å²) in [7, 11) is 3.30. The Bertz CT molecular complexity index is 1360. The molecule has 4 aromatic carbocycles. The van der Waals surface area contributed by atoms with E-state index < -0.39 is 0 Å². The summed E-state index contributed by atoms with van der Waals surface area (Å²) in [6.07, 6.45) is 1.90. The second kappa shape index (κ2) is 7.56. The Morgan fingerprint density at radius 1 is 0.633 bits per heavy atom. The minimum absolute atomic E-state index is 0.521. The number of rotatable bonds is 5. The lowest BCUT2D eigenvalue weighted by Crippen LogP contribution is -1.96. The van der Waals surface area contributed by atoms with E-state index in [4.69, 9.17) is 19.2 Å². The number of hydrogen-bond donors (Lipinski definition) is 0. The molecule has 0 aliphatic rings. The van der Waals surface area contributed by atoms with E-state index in [0.29, 0.717) is 12.4 Å². The summed E-state index contributed by atoms with van der Waals surface area (Å²) in [5, 5.41) is 5.20. The summed E-state index contributed by atoms with van der Waals surface area (Å²) in [6, 6.07) is 24.4. The minimum Gasteiger partial charge on any atom is -0.493 e. The van der Waals surface area contributed by atoms with Crippen molar-refractivity contribution in [2.24, 2.45) is 0 Å². The van der Waals surface area contributed by atoms with E-state index in [1.165, 1.54) is 0 Å². The molecule has 0 spiro atoms. The maximum Gasteiger partial charge on any atom is 0.168 e. The number of methoxy groups -OCH3 is 2. The van der Waals surface area contributed by atoms with Crippen molar-refractivity contribution in [3.63, 3.8) is 0 Å². The van der Waals surface area contributed by atoms with Crippen molar-refractivity contribution in [3.05, 3.63) is 84.6 Å². The molecule has 30 heavy (non-hydrogen) atoms. The molecule has 0 unspecified atom stereocenters. The molecule has 0 N–H and O–H groups in total. The van der Waals surface area contributed by atoms with Gasteiger partial charge >= 0.3 is 0 Å². The van der Waals surface area contributed by atoms with Crippen LogP contribution >= 0.6 is 0 Å². The zero-order valence-corrected chi connectivity index (χ0v) is 16.9. The number of fused-ring (bicyclic) bond motifs is 5. The van der Waals surface area contributed by atoms with Crippen LogP contribution in [0.3, 0.4) is 0 Å². The lowest BCUT2D eigenvalue weighted by molar-refractivity contribution is 0.310. The van der Waals surface area contributed by atoms with E-state index in [-0.39, 0.29) is 0 Å². The van der Waals surface area contributed by atoms with E-state index in [0.717, 1.165) is 49.5 Å². The fraction of sp³-hybridized carbons (Fsp3) is 0.115. The Morgan fingerprint density at radius 2 is 1.40 bits per heavy atom. The fourth-order valence-corrected chi connectivity index (χ4v) is 3.97. The van der Waals surface area contributed by atoms with Crippen LogP contribution in [0.4, 0.5) is 0 Å². The quantitative estimate of drug-likeness (QED) is 0.335. The molecule has 4 nitrogen and oxygen atoms in total. The number of aromatic nitrogens is 1. The highest BCUT2D eigenvalue weighted by Gasteiger charge is 2.14. The summed E-state index contributed by atoms with van der Waals surface area (Å²) < 4.78 is 17.2. The van der Waals surface area contributed by atoms with E-state index in [1.807, 2.05) is 48.7 Å². The molecule has 4 heteroatoms. The first-order chi connectivity index (χ1) is 14.8. The monoisotopic (exact) mass is 395 g/mol. The predicted octanol–water partition coefficient (Wildman–Crippen LogP) is 6.14. The second-order valence-electron chi connectivity index (χ2n) is 7.11. The first-order valence-corrected chi connectivity index (χ1v) is 9.82. The number of hydrogen-bond acceptors (Lipinski definition) is 4. The fourth-order valence-electron chi connectivity index (χ4n) is 3.97. The number of benzene rings is 4. The Labute approximate surface area is 174 Å². The van der Waals surface area contributed by atoms with E-state index in [9.17, 15) is 0 Å². The van der Waals surface area contributed by atoms with Crippen molar-refractivity contribution >= 4 is 32.4 Å². The first kappa shape index (κ1) is 18.3. The zero-order valence-electron chi connectivity index (χ0n) is 16.9. The molecular weight excluding hydrogens is 374 g/mol. The molecule has 0 radical (unpaired) electrons. The van der Waals surface area contributed by atoms with Crippen LogP contribution in [-0.2, 0) is 6.61 Å². The van der Waals surface area contributed by atoms with Gasteiger partial charge in [0.15, 0.2) is 11.5 Å². The maximum atomic E-state index is 6.13. The molecular formula is C26H21NO3. The van der Waals surface area contributed by atoms with Gasteiger partial charge in [0, 0.05) is 27.7 Å². The van der Waals surface area contributed by atoms with Gasteiger partial charge in [0.2, 0.25) is 0 Å². The maximum absolute atomic E-state index is 6.13. The van der Waals surface area contributed by atoms with E-state index in [2.05, 4.69) is 30.3 Å². The average Bonchev–Trinajstić information content (AvgIpc) is 2.81. The second-order valence-corrected chi connectivity index (χ2v) is 7.11. The Morgan fingerprint density at radius 3 is 2.20 bits per heavy atom. The summed E-state index contributed by atoms with van der Waals surface area (Å²) in [6.45, 7) is 0.521. The third kappa shape index (κ3) is 2.98. The SMILES string of the molecule is COc1ccc2c(ccc3c4cccc(OCc5ccccc5)c4cnc23)c1OC. The van der Waals surface area contributed by atoms with Crippen molar-refractivity contribution in [1.29, 1.82) is 0 Å². The van der Waals surface area contributed by atoms with Crippen LogP contribution in [0.5, 0.6) is 17.2 Å². The van der Waals surface area contributed by atoms with Crippen LogP contribution in [0.2, 0.25) is 0 Å². The molecule has 0 fully saturated rings. The Balaban J connectivity index is 1.65. The molecule has 1 aromatic heterocycles. The normalized spacial score (nSPS) is 11.1. The molecule has 1 heterocycles. The van der Waals surface area contributed by atoms with Gasteiger partial charge in [-0.25, -0.2) is 0 Å². The summed E-state index contributed by atoms with van der Waals surface area (Å²) in [5.74, 6) is 2.26. The Kier molecular flexibility index (Phi) is 4.60. The van der Waals surface area contributed by atoms with E-state index >= 15 is 0 Å². The minimum atomic E-state index is 0.521. The first-order valence-electron chi connectivity index (χ1n) is 9.82.